The van der Waals surface area contributed by atoms with Gasteiger partial charge in [0.15, 0.2) is 29.6 Å². The Kier molecular flexibility index (Phi) is 19.5. The molecule has 0 bridgehead atoms. The van der Waals surface area contributed by atoms with Crippen LogP contribution in [0.25, 0.3) is 38.9 Å². The van der Waals surface area contributed by atoms with Gasteiger partial charge in [-0.2, -0.15) is 22.8 Å². The number of aromatic nitrogens is 5. The van der Waals surface area contributed by atoms with Crippen LogP contribution in [-0.4, -0.2) is 0 Å². The van der Waals surface area contributed by atoms with Crippen molar-refractivity contribution in [1.82, 2.24) is 0 Å². The lowest BCUT2D eigenvalue weighted by atomic mass is 9.87. The summed E-state index contributed by atoms with van der Waals surface area (Å²) in [4.78, 5) is 6.47. The first kappa shape index (κ1) is 55.3. The molecule has 0 N–H and O–H groups in total. The molecule has 0 spiro atoms. The van der Waals surface area contributed by atoms with Crippen LogP contribution in [0, 0.1) is 83.1 Å². The molecule has 5 heterocycles. The minimum Gasteiger partial charge on any atom is -0.154 e. The normalized spacial score (nSPS) is 14.0. The lowest BCUT2D eigenvalue weighted by molar-refractivity contribution is -0.598. The molecule has 0 amide bonds. The van der Waals surface area contributed by atoms with Gasteiger partial charge >= 0.3 is 0 Å². The smallest absolute Gasteiger partial charge is 0.154 e. The van der Waals surface area contributed by atoms with Crippen molar-refractivity contribution >= 4 is 56.7 Å². The Hall–Kier alpha value is -6.53. The Morgan fingerprint density at radius 2 is 0.571 bits per heavy atom. The van der Waals surface area contributed by atoms with E-state index in [1.807, 2.05) is 68.3 Å². The van der Waals surface area contributed by atoms with E-state index in [9.17, 15) is 0 Å². The van der Waals surface area contributed by atoms with Gasteiger partial charge in [0.2, 0.25) is 61.6 Å². The zero-order valence-corrected chi connectivity index (χ0v) is 55.3. The summed E-state index contributed by atoms with van der Waals surface area (Å²) in [5.41, 5.74) is 22.0. The first-order valence-corrected chi connectivity index (χ1v) is 33.7. The predicted molar refractivity (Wildman–Crippen MR) is 359 cm³/mol. The fourth-order valence-corrected chi connectivity index (χ4v) is 15.7. The standard InChI is InChI=1S/C17H22NS.C17H16NS.C16H20NS.2C12H14NS/c2*1-13-8-6-7-11-16(13)18-12-19-17(14(18)2)15-9-4-3-5-10-15;1-12-7-3-6-10-15(12)17-11-18-16(13(17)2)14-8-4-5-9-14;2*1-9-6-4-5-7-12(9)13-8-14-11(3)10(13)2/h6-8,11-12,15H,3-5,9-10H2,1-2H3;3-12H,1-2H3;3,6-7,10-11,14H,4-5,8-9H2,1-2H3;2*4-8H,1-3H3/q5*+1/i2*12D;11D;2*8D. The van der Waals surface area contributed by atoms with Crippen molar-refractivity contribution in [3.63, 3.8) is 0 Å². The highest BCUT2D eigenvalue weighted by molar-refractivity contribution is 7.13. The average Bonchev–Trinajstić information content (AvgIpc) is 2.91. The molecule has 0 radical (unpaired) electrons. The van der Waals surface area contributed by atoms with E-state index >= 15 is 0 Å². The average molecular weight is 1210 g/mol. The third kappa shape index (κ3) is 14.7. The second-order valence-electron chi connectivity index (χ2n) is 22.4. The van der Waals surface area contributed by atoms with Gasteiger partial charge in [0.05, 0.1) is 19.5 Å². The summed E-state index contributed by atoms with van der Waals surface area (Å²) >= 11 is 7.94. The minimum atomic E-state index is 0.565. The summed E-state index contributed by atoms with van der Waals surface area (Å²) in [5.74, 6) is 1.38. The quantitative estimate of drug-likeness (QED) is 0.135. The summed E-state index contributed by atoms with van der Waals surface area (Å²) in [6.45, 7) is 25.2. The number of hydrogen-bond acceptors (Lipinski definition) is 5. The molecule has 5 nitrogen and oxygen atoms in total. The lowest BCUT2D eigenvalue weighted by Gasteiger charge is -2.19. The number of rotatable bonds is 8. The van der Waals surface area contributed by atoms with Crippen LogP contribution in [0.4, 0.5) is 0 Å². The Balaban J connectivity index is 0.000000133. The van der Waals surface area contributed by atoms with Crippen LogP contribution in [0.1, 0.15) is 152 Å². The van der Waals surface area contributed by atoms with E-state index in [1.54, 1.807) is 22.7 Å². The maximum Gasteiger partial charge on any atom is 0.231 e. The lowest BCUT2D eigenvalue weighted by Crippen LogP contribution is -2.32. The molecule has 2 aliphatic rings. The third-order valence-electron chi connectivity index (χ3n) is 16.6. The Labute approximate surface area is 529 Å². The Morgan fingerprint density at radius 1 is 0.298 bits per heavy atom. The van der Waals surface area contributed by atoms with Gasteiger partial charge in [-0.25, -0.2) is 0 Å². The fourth-order valence-electron chi connectivity index (χ4n) is 11.2. The van der Waals surface area contributed by atoms with Crippen molar-refractivity contribution in [2.75, 3.05) is 0 Å². The number of nitrogens with zero attached hydrogens (tertiary/aromatic N) is 5. The minimum absolute atomic E-state index is 0.565. The van der Waals surface area contributed by atoms with Crippen molar-refractivity contribution in [3.05, 3.63) is 255 Å². The SMILES string of the molecule is [2H]c1sc(-c2ccccc2)c(C)[n+]1-c1ccccc1C.[2H]c1sc(C)c(C)[n+]1-c1ccccc1C.[2H]c1sc(C)c(C)[n+]1-c1ccccc1C.[2H]c1sc(C2CCCC2)c(C)[n+]1-c1ccccc1C.[2H]c1sc(C2CCCCC2)c(C)[n+]1-c1ccccc1C. The van der Waals surface area contributed by atoms with Crippen molar-refractivity contribution in [1.29, 1.82) is 0 Å². The van der Waals surface area contributed by atoms with E-state index in [2.05, 4.69) is 189 Å². The first-order valence-electron chi connectivity index (χ1n) is 32.2. The molecule has 11 aromatic rings. The van der Waals surface area contributed by atoms with Gasteiger partial charge in [0.25, 0.3) is 0 Å². The largest absolute Gasteiger partial charge is 0.231 e. The highest BCUT2D eigenvalue weighted by Crippen LogP contribution is 2.38. The molecule has 84 heavy (non-hydrogen) atoms. The summed E-state index contributed by atoms with van der Waals surface area (Å²) in [6.07, 6.45) is 12.0. The van der Waals surface area contributed by atoms with Crippen LogP contribution in [0.15, 0.2) is 179 Å². The molecule has 0 unspecified atom stereocenters. The molecule has 0 saturated heterocycles. The molecule has 13 rings (SSSR count). The second kappa shape index (κ2) is 29.5. The van der Waals surface area contributed by atoms with E-state index in [-0.39, 0.29) is 0 Å². The van der Waals surface area contributed by atoms with Crippen LogP contribution in [0.2, 0.25) is 0 Å². The molecular weight excluding hydrogens is 1120 g/mol. The molecule has 432 valence electrons. The molecule has 2 fully saturated rings. The number of benzene rings is 6. The second-order valence-corrected chi connectivity index (χ2v) is 26.8. The van der Waals surface area contributed by atoms with Gasteiger partial charge in [0.1, 0.15) is 4.88 Å². The number of thiazole rings is 5. The zero-order chi connectivity index (χ0) is 63.6. The van der Waals surface area contributed by atoms with Gasteiger partial charge in [-0.15, -0.1) is 0 Å². The van der Waals surface area contributed by atoms with E-state index in [0.717, 1.165) is 34.1 Å². The maximum atomic E-state index is 8.37. The molecule has 2 aliphatic carbocycles. The maximum absolute atomic E-state index is 8.37. The molecule has 0 atom stereocenters. The molecular formula is C74H86N5S5+5. The fraction of sp³-hybridized carbons (Fsp3) is 0.311. The van der Waals surface area contributed by atoms with E-state index in [4.69, 9.17) is 6.85 Å². The van der Waals surface area contributed by atoms with Crippen LogP contribution >= 0.6 is 56.7 Å². The number of aryl methyl sites for hydroxylation is 7. The van der Waals surface area contributed by atoms with Crippen molar-refractivity contribution in [2.24, 2.45) is 0 Å². The molecule has 5 aromatic heterocycles. The Bertz CT molecular complexity index is 4110. The number of hydrogen-bond donors (Lipinski definition) is 0. The highest BCUT2D eigenvalue weighted by atomic mass is 32.1. The topological polar surface area (TPSA) is 19.4 Å². The number of para-hydroxylation sites is 5. The highest BCUT2D eigenvalue weighted by Gasteiger charge is 2.29. The zero-order valence-electron chi connectivity index (χ0n) is 56.2. The predicted octanol–water partition coefficient (Wildman–Crippen LogP) is 19.2. The molecule has 10 heteroatoms. The van der Waals surface area contributed by atoms with Crippen molar-refractivity contribution in [3.8, 4) is 38.9 Å². The van der Waals surface area contributed by atoms with E-state index < -0.39 is 0 Å². The van der Waals surface area contributed by atoms with Crippen LogP contribution in [-0.2, 0) is 0 Å². The molecule has 0 aliphatic heterocycles. The van der Waals surface area contributed by atoms with Crippen molar-refractivity contribution < 1.29 is 29.7 Å². The van der Waals surface area contributed by atoms with E-state index in [0.29, 0.717) is 39.3 Å². The van der Waals surface area contributed by atoms with Gasteiger partial charge < -0.3 is 0 Å². The van der Waals surface area contributed by atoms with Crippen LogP contribution in [0.5, 0.6) is 0 Å². The van der Waals surface area contributed by atoms with Crippen LogP contribution < -0.4 is 22.8 Å². The van der Waals surface area contributed by atoms with Crippen molar-refractivity contribution in [2.45, 2.75) is 153 Å². The molecule has 2 saturated carbocycles. The summed E-state index contributed by atoms with van der Waals surface area (Å²) < 4.78 is 51.2. The van der Waals surface area contributed by atoms with Gasteiger partial charge in [-0.3, -0.25) is 0 Å². The monoisotopic (exact) mass is 1210 g/mol. The van der Waals surface area contributed by atoms with Gasteiger partial charge in [-0.1, -0.05) is 210 Å². The van der Waals surface area contributed by atoms with Gasteiger partial charge in [0, 0.05) is 92.8 Å². The first-order chi connectivity index (χ1) is 42.8. The summed E-state index contributed by atoms with van der Waals surface area (Å²) in [5, 5.41) is 0. The Morgan fingerprint density at radius 3 is 0.893 bits per heavy atom. The third-order valence-corrected chi connectivity index (χ3v) is 21.6. The summed E-state index contributed by atoms with van der Waals surface area (Å²) in [6, 6.07) is 51.6. The molecule has 6 aromatic carbocycles. The summed E-state index contributed by atoms with van der Waals surface area (Å²) in [7, 11) is 0. The van der Waals surface area contributed by atoms with Crippen LogP contribution in [0.3, 0.4) is 0 Å². The van der Waals surface area contributed by atoms with Gasteiger partial charge in [-0.05, 0) is 91.5 Å². The van der Waals surface area contributed by atoms with E-state index in [1.165, 1.54) is 172 Å².